The van der Waals surface area contributed by atoms with E-state index < -0.39 is 6.04 Å². The summed E-state index contributed by atoms with van der Waals surface area (Å²) >= 11 is 6.03. The average molecular weight is 375 g/mol. The maximum atomic E-state index is 12.7. The maximum Gasteiger partial charge on any atom is 0.261 e. The van der Waals surface area contributed by atoms with E-state index in [-0.39, 0.29) is 25.0 Å². The second-order valence-corrected chi connectivity index (χ2v) is 6.26. The zero-order valence-corrected chi connectivity index (χ0v) is 15.7. The van der Waals surface area contributed by atoms with Gasteiger partial charge in [0.15, 0.2) is 6.61 Å². The summed E-state index contributed by atoms with van der Waals surface area (Å²) in [5, 5.41) is 3.34. The summed E-state index contributed by atoms with van der Waals surface area (Å²) in [5.74, 6) is 0.129. The largest absolute Gasteiger partial charge is 0.484 e. The number of para-hydroxylation sites is 1. The molecule has 0 fully saturated rings. The third-order valence-corrected chi connectivity index (χ3v) is 4.10. The topological polar surface area (TPSA) is 58.6 Å². The molecule has 2 rings (SSSR count). The predicted molar refractivity (Wildman–Crippen MR) is 102 cm³/mol. The van der Waals surface area contributed by atoms with E-state index >= 15 is 0 Å². The molecule has 2 aromatic rings. The molecule has 2 amide bonds. The Bertz CT molecular complexity index is 737. The van der Waals surface area contributed by atoms with Crippen molar-refractivity contribution in [1.29, 1.82) is 0 Å². The third-order valence-electron chi connectivity index (χ3n) is 3.87. The van der Waals surface area contributed by atoms with Gasteiger partial charge in [0.25, 0.3) is 5.91 Å². The molecular formula is C20H23ClN2O3. The first-order chi connectivity index (χ1) is 12.5. The average Bonchev–Trinajstić information content (AvgIpc) is 2.64. The van der Waals surface area contributed by atoms with Gasteiger partial charge >= 0.3 is 0 Å². The second-order valence-electron chi connectivity index (χ2n) is 5.82. The highest BCUT2D eigenvalue weighted by molar-refractivity contribution is 6.30. The minimum atomic E-state index is -0.624. The Kier molecular flexibility index (Phi) is 7.48. The number of benzene rings is 2. The molecule has 0 saturated heterocycles. The zero-order valence-electron chi connectivity index (χ0n) is 14.9. The van der Waals surface area contributed by atoms with Gasteiger partial charge in [-0.2, -0.15) is 0 Å². The Morgan fingerprint density at radius 3 is 2.54 bits per heavy atom. The molecular weight excluding hydrogens is 352 g/mol. The van der Waals surface area contributed by atoms with Crippen molar-refractivity contribution < 1.29 is 14.3 Å². The van der Waals surface area contributed by atoms with Crippen molar-refractivity contribution in [2.24, 2.45) is 0 Å². The number of hydrogen-bond acceptors (Lipinski definition) is 3. The Balaban J connectivity index is 2.12. The fourth-order valence-corrected chi connectivity index (χ4v) is 2.69. The molecule has 138 valence electrons. The van der Waals surface area contributed by atoms with Crippen molar-refractivity contribution in [1.82, 2.24) is 10.2 Å². The number of nitrogens with one attached hydrogen (secondary N) is 1. The van der Waals surface area contributed by atoms with Crippen LogP contribution in [0.2, 0.25) is 5.02 Å². The van der Waals surface area contributed by atoms with E-state index in [1.54, 1.807) is 31.2 Å². The first-order valence-electron chi connectivity index (χ1n) is 8.50. The van der Waals surface area contributed by atoms with Crippen LogP contribution in [0.1, 0.15) is 19.4 Å². The number of hydrogen-bond donors (Lipinski definition) is 1. The van der Waals surface area contributed by atoms with Gasteiger partial charge in [-0.1, -0.05) is 41.9 Å². The molecule has 6 heteroatoms. The Morgan fingerprint density at radius 2 is 1.88 bits per heavy atom. The number of likely N-dealkylation sites (N-methyl/N-ethyl adjacent to an activating group) is 1. The lowest BCUT2D eigenvalue weighted by molar-refractivity contribution is -0.142. The Hall–Kier alpha value is -2.53. The SMILES string of the molecule is CCNC(=O)[C@@H](C)N(Cc1cccc(Cl)c1)C(=O)COc1ccccc1. The quantitative estimate of drug-likeness (QED) is 0.771. The number of amides is 2. The molecule has 0 unspecified atom stereocenters. The lowest BCUT2D eigenvalue weighted by atomic mass is 10.1. The molecule has 0 aliphatic heterocycles. The highest BCUT2D eigenvalue weighted by Gasteiger charge is 2.26. The van der Waals surface area contributed by atoms with Crippen molar-refractivity contribution in [2.75, 3.05) is 13.2 Å². The molecule has 1 N–H and O–H groups in total. The number of carbonyl (C=O) groups excluding carboxylic acids is 2. The highest BCUT2D eigenvalue weighted by atomic mass is 35.5. The molecule has 5 nitrogen and oxygen atoms in total. The van der Waals surface area contributed by atoms with E-state index in [1.165, 1.54) is 4.90 Å². The second kappa shape index (κ2) is 9.82. The Labute approximate surface area is 158 Å². The first kappa shape index (κ1) is 19.8. The summed E-state index contributed by atoms with van der Waals surface area (Å²) in [6, 6.07) is 15.7. The van der Waals surface area contributed by atoms with Crippen molar-refractivity contribution in [3.8, 4) is 5.75 Å². The van der Waals surface area contributed by atoms with Crippen LogP contribution in [0.4, 0.5) is 0 Å². The van der Waals surface area contributed by atoms with Gasteiger partial charge in [0.2, 0.25) is 5.91 Å². The lowest BCUT2D eigenvalue weighted by Gasteiger charge is -2.28. The first-order valence-corrected chi connectivity index (χ1v) is 8.88. The number of halogens is 1. The van der Waals surface area contributed by atoms with Gasteiger partial charge in [-0.25, -0.2) is 0 Å². The fourth-order valence-electron chi connectivity index (χ4n) is 2.48. The number of rotatable bonds is 8. The smallest absolute Gasteiger partial charge is 0.261 e. The van der Waals surface area contributed by atoms with Crippen LogP contribution in [-0.2, 0) is 16.1 Å². The molecule has 0 aliphatic carbocycles. The lowest BCUT2D eigenvalue weighted by Crippen LogP contribution is -2.49. The molecule has 0 radical (unpaired) electrons. The molecule has 0 heterocycles. The van der Waals surface area contributed by atoms with E-state index in [1.807, 2.05) is 37.3 Å². The molecule has 0 aliphatic rings. The van der Waals surface area contributed by atoms with Crippen LogP contribution in [0, 0.1) is 0 Å². The van der Waals surface area contributed by atoms with Gasteiger partial charge in [-0.05, 0) is 43.7 Å². The van der Waals surface area contributed by atoms with Gasteiger partial charge in [0.1, 0.15) is 11.8 Å². The third kappa shape index (κ3) is 5.77. The standard InChI is InChI=1S/C20H23ClN2O3/c1-3-22-20(25)15(2)23(13-16-8-7-9-17(21)12-16)19(24)14-26-18-10-5-4-6-11-18/h4-12,15H,3,13-14H2,1-2H3,(H,22,25)/t15-/m1/s1. The monoisotopic (exact) mass is 374 g/mol. The van der Waals surface area contributed by atoms with Crippen molar-refractivity contribution in [3.05, 3.63) is 65.2 Å². The van der Waals surface area contributed by atoms with Gasteiger partial charge in [-0.15, -0.1) is 0 Å². The molecule has 0 aromatic heterocycles. The van der Waals surface area contributed by atoms with Gasteiger partial charge in [-0.3, -0.25) is 9.59 Å². The van der Waals surface area contributed by atoms with Crippen molar-refractivity contribution in [2.45, 2.75) is 26.4 Å². The molecule has 1 atom stereocenters. The van der Waals surface area contributed by atoms with Gasteiger partial charge in [0.05, 0.1) is 0 Å². The van der Waals surface area contributed by atoms with Crippen LogP contribution in [0.15, 0.2) is 54.6 Å². The van der Waals surface area contributed by atoms with Crippen molar-refractivity contribution in [3.63, 3.8) is 0 Å². The summed E-state index contributed by atoms with van der Waals surface area (Å²) in [5.41, 5.74) is 0.849. The summed E-state index contributed by atoms with van der Waals surface area (Å²) in [4.78, 5) is 26.5. The van der Waals surface area contributed by atoms with Crippen LogP contribution >= 0.6 is 11.6 Å². The molecule has 26 heavy (non-hydrogen) atoms. The van der Waals surface area contributed by atoms with Crippen LogP contribution < -0.4 is 10.1 Å². The summed E-state index contributed by atoms with van der Waals surface area (Å²) < 4.78 is 5.55. The van der Waals surface area contributed by atoms with E-state index in [2.05, 4.69) is 5.32 Å². The molecule has 0 bridgehead atoms. The van der Waals surface area contributed by atoms with Gasteiger partial charge < -0.3 is 15.0 Å². The maximum absolute atomic E-state index is 12.7. The van der Waals surface area contributed by atoms with Crippen LogP contribution in [0.25, 0.3) is 0 Å². The molecule has 0 spiro atoms. The van der Waals surface area contributed by atoms with E-state index in [0.717, 1.165) is 5.56 Å². The van der Waals surface area contributed by atoms with Crippen molar-refractivity contribution >= 4 is 23.4 Å². The van der Waals surface area contributed by atoms with Crippen LogP contribution in [-0.4, -0.2) is 35.9 Å². The minimum Gasteiger partial charge on any atom is -0.484 e. The number of nitrogens with zero attached hydrogens (tertiary/aromatic N) is 1. The number of ether oxygens (including phenoxy) is 1. The van der Waals surface area contributed by atoms with E-state index in [4.69, 9.17) is 16.3 Å². The minimum absolute atomic E-state index is 0.145. The zero-order chi connectivity index (χ0) is 18.9. The van der Waals surface area contributed by atoms with E-state index in [0.29, 0.717) is 17.3 Å². The molecule has 0 saturated carbocycles. The van der Waals surface area contributed by atoms with Crippen LogP contribution in [0.3, 0.4) is 0 Å². The van der Waals surface area contributed by atoms with E-state index in [9.17, 15) is 9.59 Å². The summed E-state index contributed by atoms with van der Waals surface area (Å²) in [6.45, 7) is 4.18. The fraction of sp³-hybridized carbons (Fsp3) is 0.300. The van der Waals surface area contributed by atoms with Gasteiger partial charge in [0, 0.05) is 18.1 Å². The Morgan fingerprint density at radius 1 is 1.15 bits per heavy atom. The summed E-state index contributed by atoms with van der Waals surface area (Å²) in [7, 11) is 0. The summed E-state index contributed by atoms with van der Waals surface area (Å²) in [6.07, 6.45) is 0. The predicted octanol–water partition coefficient (Wildman–Crippen LogP) is 3.27. The number of carbonyl (C=O) groups is 2. The normalized spacial score (nSPS) is 11.5. The van der Waals surface area contributed by atoms with Crippen LogP contribution in [0.5, 0.6) is 5.75 Å². The molecule has 2 aromatic carbocycles. The highest BCUT2D eigenvalue weighted by Crippen LogP contribution is 2.15.